The second-order valence-electron chi connectivity index (χ2n) is 7.56. The zero-order valence-electron chi connectivity index (χ0n) is 15.7. The molecule has 1 fully saturated rings. The van der Waals surface area contributed by atoms with E-state index in [2.05, 4.69) is 22.0 Å². The van der Waals surface area contributed by atoms with Gasteiger partial charge in [-0.25, -0.2) is 0 Å². The Morgan fingerprint density at radius 1 is 1.07 bits per heavy atom. The molecular weight excluding hydrogens is 374 g/mol. The summed E-state index contributed by atoms with van der Waals surface area (Å²) in [6.07, 6.45) is 4.44. The van der Waals surface area contributed by atoms with Crippen molar-refractivity contribution in [1.82, 2.24) is 5.32 Å². The summed E-state index contributed by atoms with van der Waals surface area (Å²) in [5, 5.41) is 6.16. The van der Waals surface area contributed by atoms with E-state index in [0.29, 0.717) is 28.6 Å². The molecule has 6 nitrogen and oxygen atoms in total. The number of amides is 1. The molecule has 0 radical (unpaired) electrons. The highest BCUT2D eigenvalue weighted by atomic mass is 32.2. The average Bonchev–Trinajstić information content (AvgIpc) is 2.93. The quantitative estimate of drug-likeness (QED) is 0.829. The van der Waals surface area contributed by atoms with Crippen LogP contribution in [0.2, 0.25) is 0 Å². The van der Waals surface area contributed by atoms with E-state index >= 15 is 0 Å². The molecule has 0 spiro atoms. The molecule has 2 aliphatic rings. The van der Waals surface area contributed by atoms with Crippen LogP contribution in [-0.2, 0) is 10.0 Å². The summed E-state index contributed by atoms with van der Waals surface area (Å²) in [6.45, 7) is 2.23. The van der Waals surface area contributed by atoms with Crippen molar-refractivity contribution in [1.29, 1.82) is 0 Å². The first-order valence-corrected chi connectivity index (χ1v) is 11.0. The van der Waals surface area contributed by atoms with Gasteiger partial charge in [-0.2, -0.15) is 8.42 Å². The van der Waals surface area contributed by atoms with Crippen LogP contribution in [0.5, 0.6) is 0 Å². The maximum absolute atomic E-state index is 12.5. The monoisotopic (exact) mass is 397 g/mol. The SMILES string of the molecule is C[C@H]1CCC[C@H](NC(=O)c2ccc(NC3=NS(=O)(=O)c4ccccc43)cc2)C1. The van der Waals surface area contributed by atoms with E-state index in [4.69, 9.17) is 0 Å². The topological polar surface area (TPSA) is 87.6 Å². The van der Waals surface area contributed by atoms with Crippen LogP contribution in [0.4, 0.5) is 5.69 Å². The van der Waals surface area contributed by atoms with Crippen LogP contribution in [0.3, 0.4) is 0 Å². The predicted octanol–water partition coefficient (Wildman–Crippen LogP) is 3.56. The molecule has 1 amide bonds. The molecule has 7 heteroatoms. The molecular formula is C21H23N3O3S. The van der Waals surface area contributed by atoms with Gasteiger partial charge in [0.05, 0.1) is 0 Å². The molecule has 1 aliphatic carbocycles. The van der Waals surface area contributed by atoms with Gasteiger partial charge in [0, 0.05) is 22.9 Å². The minimum atomic E-state index is -3.66. The summed E-state index contributed by atoms with van der Waals surface area (Å²) >= 11 is 0. The normalized spacial score (nSPS) is 22.8. The number of benzene rings is 2. The standard InChI is InChI=1S/C21H23N3O3S/c1-14-5-4-6-17(13-14)23-21(25)15-9-11-16(12-10-15)22-20-18-7-2-3-8-19(18)28(26,27)24-20/h2-3,7-12,14,17H,4-6,13H2,1H3,(H,22,24)(H,23,25)/t14-,17-/m0/s1. The van der Waals surface area contributed by atoms with Crippen LogP contribution in [0.15, 0.2) is 57.8 Å². The Morgan fingerprint density at radius 3 is 2.57 bits per heavy atom. The third-order valence-corrected chi connectivity index (χ3v) is 6.65. The van der Waals surface area contributed by atoms with Crippen LogP contribution in [-0.4, -0.2) is 26.2 Å². The Kier molecular flexibility index (Phi) is 4.93. The number of nitrogens with zero attached hydrogens (tertiary/aromatic N) is 1. The minimum Gasteiger partial charge on any atom is -0.349 e. The number of carbonyl (C=O) groups is 1. The van der Waals surface area contributed by atoms with Crippen molar-refractivity contribution < 1.29 is 13.2 Å². The fourth-order valence-corrected chi connectivity index (χ4v) is 5.05. The first kappa shape index (κ1) is 18.7. The third-order valence-electron chi connectivity index (χ3n) is 5.31. The molecule has 146 valence electrons. The van der Waals surface area contributed by atoms with Crippen LogP contribution in [0.25, 0.3) is 0 Å². The molecule has 1 heterocycles. The second-order valence-corrected chi connectivity index (χ2v) is 9.13. The number of fused-ring (bicyclic) bond motifs is 1. The van der Waals surface area contributed by atoms with Crippen LogP contribution < -0.4 is 10.6 Å². The van der Waals surface area contributed by atoms with E-state index in [1.54, 1.807) is 48.5 Å². The summed E-state index contributed by atoms with van der Waals surface area (Å²) in [6, 6.07) is 13.9. The van der Waals surface area contributed by atoms with Gasteiger partial charge in [0.25, 0.3) is 15.9 Å². The Hall–Kier alpha value is -2.67. The zero-order valence-corrected chi connectivity index (χ0v) is 16.5. The lowest BCUT2D eigenvalue weighted by atomic mass is 9.87. The van der Waals surface area contributed by atoms with Gasteiger partial charge in [-0.1, -0.05) is 31.9 Å². The largest absolute Gasteiger partial charge is 0.349 e. The molecule has 0 unspecified atom stereocenters. The fourth-order valence-electron chi connectivity index (χ4n) is 3.87. The lowest BCUT2D eigenvalue weighted by Crippen LogP contribution is -2.37. The van der Waals surface area contributed by atoms with E-state index in [0.717, 1.165) is 19.3 Å². The van der Waals surface area contributed by atoms with E-state index < -0.39 is 10.0 Å². The van der Waals surface area contributed by atoms with Crippen molar-refractivity contribution in [2.75, 3.05) is 5.32 Å². The maximum Gasteiger partial charge on any atom is 0.285 e. The number of anilines is 1. The average molecular weight is 398 g/mol. The van der Waals surface area contributed by atoms with Gasteiger partial charge in [-0.05, 0) is 55.2 Å². The van der Waals surface area contributed by atoms with Crippen molar-refractivity contribution in [2.24, 2.45) is 10.3 Å². The maximum atomic E-state index is 12.5. The molecule has 2 aromatic carbocycles. The van der Waals surface area contributed by atoms with Crippen LogP contribution in [0, 0.1) is 5.92 Å². The Bertz CT molecular complexity index is 1030. The molecule has 4 rings (SSSR count). The zero-order chi connectivity index (χ0) is 19.7. The predicted molar refractivity (Wildman–Crippen MR) is 109 cm³/mol. The van der Waals surface area contributed by atoms with E-state index in [1.807, 2.05) is 0 Å². The third kappa shape index (κ3) is 3.80. The number of hydrogen-bond acceptors (Lipinski definition) is 4. The van der Waals surface area contributed by atoms with Crippen molar-refractivity contribution in [3.05, 3.63) is 59.7 Å². The van der Waals surface area contributed by atoms with Crippen molar-refractivity contribution in [3.8, 4) is 0 Å². The summed E-state index contributed by atoms with van der Waals surface area (Å²) in [7, 11) is -3.66. The first-order chi connectivity index (χ1) is 13.4. The van der Waals surface area contributed by atoms with Gasteiger partial charge < -0.3 is 10.6 Å². The van der Waals surface area contributed by atoms with Crippen molar-refractivity contribution >= 4 is 27.5 Å². The molecule has 1 aliphatic heterocycles. The van der Waals surface area contributed by atoms with Crippen molar-refractivity contribution in [3.63, 3.8) is 0 Å². The van der Waals surface area contributed by atoms with Gasteiger partial charge in [-0.3, -0.25) is 4.79 Å². The lowest BCUT2D eigenvalue weighted by Gasteiger charge is -2.27. The van der Waals surface area contributed by atoms with Gasteiger partial charge in [0.15, 0.2) is 5.84 Å². The molecule has 2 aromatic rings. The molecule has 2 atom stereocenters. The molecule has 0 aromatic heterocycles. The number of nitrogens with one attached hydrogen (secondary N) is 2. The highest BCUT2D eigenvalue weighted by Crippen LogP contribution is 2.27. The Morgan fingerprint density at radius 2 is 1.82 bits per heavy atom. The van der Waals surface area contributed by atoms with Crippen molar-refractivity contribution in [2.45, 2.75) is 43.5 Å². The number of rotatable bonds is 3. The molecule has 28 heavy (non-hydrogen) atoms. The highest BCUT2D eigenvalue weighted by molar-refractivity contribution is 7.90. The molecule has 2 N–H and O–H groups in total. The fraction of sp³-hybridized carbons (Fsp3) is 0.333. The van der Waals surface area contributed by atoms with Gasteiger partial charge >= 0.3 is 0 Å². The minimum absolute atomic E-state index is 0.0724. The van der Waals surface area contributed by atoms with E-state index in [1.165, 1.54) is 6.42 Å². The molecule has 1 saturated carbocycles. The lowest BCUT2D eigenvalue weighted by molar-refractivity contribution is 0.0921. The van der Waals surface area contributed by atoms with Gasteiger partial charge in [0.2, 0.25) is 0 Å². The number of carbonyl (C=O) groups excluding carboxylic acids is 1. The van der Waals surface area contributed by atoms with Crippen LogP contribution >= 0.6 is 0 Å². The number of hydrogen-bond donors (Lipinski definition) is 2. The second kappa shape index (κ2) is 7.39. The smallest absolute Gasteiger partial charge is 0.285 e. The summed E-state index contributed by atoms with van der Waals surface area (Å²) in [5.74, 6) is 0.873. The number of amidine groups is 1. The summed E-state index contributed by atoms with van der Waals surface area (Å²) in [4.78, 5) is 12.7. The molecule has 0 bridgehead atoms. The van der Waals surface area contributed by atoms with E-state index in [9.17, 15) is 13.2 Å². The summed E-state index contributed by atoms with van der Waals surface area (Å²) in [5.41, 5.74) is 1.81. The van der Waals surface area contributed by atoms with E-state index in [-0.39, 0.29) is 16.8 Å². The van der Waals surface area contributed by atoms with Gasteiger partial charge in [0.1, 0.15) is 4.90 Å². The number of sulfonamides is 1. The molecule has 0 saturated heterocycles. The highest BCUT2D eigenvalue weighted by Gasteiger charge is 2.28. The Balaban J connectivity index is 1.45. The summed E-state index contributed by atoms with van der Waals surface area (Å²) < 4.78 is 28.1. The first-order valence-electron chi connectivity index (χ1n) is 9.55. The van der Waals surface area contributed by atoms with Crippen LogP contribution in [0.1, 0.15) is 48.5 Å². The van der Waals surface area contributed by atoms with Gasteiger partial charge in [-0.15, -0.1) is 4.40 Å². The Labute approximate surface area is 165 Å².